The van der Waals surface area contributed by atoms with Crippen LogP contribution in [-0.2, 0) is 0 Å². The minimum atomic E-state index is 0.787. The van der Waals surface area contributed by atoms with Crippen molar-refractivity contribution in [2.45, 2.75) is 0 Å². The van der Waals surface area contributed by atoms with Crippen molar-refractivity contribution in [3.05, 3.63) is 97.3 Å². The lowest BCUT2D eigenvalue weighted by Gasteiger charge is -2.11. The van der Waals surface area contributed by atoms with E-state index in [9.17, 15) is 0 Å². The molecule has 3 nitrogen and oxygen atoms in total. The van der Waals surface area contributed by atoms with Crippen molar-refractivity contribution in [3.8, 4) is 22.8 Å². The highest BCUT2D eigenvalue weighted by Gasteiger charge is 2.14. The van der Waals surface area contributed by atoms with Gasteiger partial charge in [-0.25, -0.2) is 0 Å². The molecular weight excluding hydrogens is 388 g/mol. The Morgan fingerprint density at radius 2 is 1.53 bits per heavy atom. The van der Waals surface area contributed by atoms with Gasteiger partial charge in [0.25, 0.3) is 0 Å². The summed E-state index contributed by atoms with van der Waals surface area (Å²) in [6.45, 7) is 0. The molecule has 0 N–H and O–H groups in total. The largest absolute Gasteiger partial charge is 0.457 e. The number of fused-ring (bicyclic) bond motifs is 5. The maximum atomic E-state index is 6.43. The van der Waals surface area contributed by atoms with Crippen LogP contribution in [0.2, 0.25) is 0 Å². The van der Waals surface area contributed by atoms with Gasteiger partial charge in [-0.05, 0) is 42.5 Å². The second kappa shape index (κ2) is 6.94. The summed E-state index contributed by atoms with van der Waals surface area (Å²) in [5, 5.41) is 3.42. The maximum Gasteiger partial charge on any atom is 0.136 e. The van der Waals surface area contributed by atoms with Gasteiger partial charge in [-0.3, -0.25) is 9.97 Å². The molecule has 0 bridgehead atoms. The highest BCUT2D eigenvalue weighted by Crippen LogP contribution is 2.42. The van der Waals surface area contributed by atoms with Crippen molar-refractivity contribution < 1.29 is 4.74 Å². The summed E-state index contributed by atoms with van der Waals surface area (Å²) in [7, 11) is 0. The summed E-state index contributed by atoms with van der Waals surface area (Å²) in [4.78, 5) is 9.08. The van der Waals surface area contributed by atoms with Gasteiger partial charge in [0.05, 0.1) is 15.9 Å². The van der Waals surface area contributed by atoms with Gasteiger partial charge in [0.15, 0.2) is 0 Å². The van der Waals surface area contributed by atoms with Crippen molar-refractivity contribution >= 4 is 42.4 Å². The zero-order valence-electron chi connectivity index (χ0n) is 15.9. The summed E-state index contributed by atoms with van der Waals surface area (Å²) in [5.41, 5.74) is 2.98. The highest BCUT2D eigenvalue weighted by molar-refractivity contribution is 7.26. The van der Waals surface area contributed by atoms with Crippen LogP contribution in [0.4, 0.5) is 0 Å². The minimum absolute atomic E-state index is 0.787. The lowest BCUT2D eigenvalue weighted by Crippen LogP contribution is -1.88. The summed E-state index contributed by atoms with van der Waals surface area (Å²) in [6.07, 6.45) is 3.65. The van der Waals surface area contributed by atoms with E-state index < -0.39 is 0 Å². The van der Waals surface area contributed by atoms with Gasteiger partial charge in [0, 0.05) is 38.8 Å². The number of aromatic nitrogens is 2. The number of pyridine rings is 2. The van der Waals surface area contributed by atoms with Crippen LogP contribution >= 0.6 is 11.3 Å². The lowest BCUT2D eigenvalue weighted by molar-refractivity contribution is 0.489. The number of benzene rings is 3. The van der Waals surface area contributed by atoms with Crippen molar-refractivity contribution in [3.63, 3.8) is 0 Å². The van der Waals surface area contributed by atoms with Crippen LogP contribution in [0.5, 0.6) is 11.5 Å². The Morgan fingerprint density at radius 1 is 0.667 bits per heavy atom. The standard InChI is InChI=1S/C26H16N2OS/c1-2-10-20-19(9-1)23(16-21-25-24(30-26(20)21)12-6-14-28-25)29-18-8-5-7-17(15-18)22-11-3-4-13-27-22/h1-16H. The zero-order chi connectivity index (χ0) is 19.9. The van der Waals surface area contributed by atoms with Gasteiger partial charge in [-0.15, -0.1) is 11.3 Å². The van der Waals surface area contributed by atoms with Gasteiger partial charge in [-0.2, -0.15) is 0 Å². The Bertz CT molecular complexity index is 1520. The minimum Gasteiger partial charge on any atom is -0.457 e. The molecule has 6 aromatic rings. The number of ether oxygens (including phenoxy) is 1. The molecular formula is C26H16N2OS. The van der Waals surface area contributed by atoms with Crippen LogP contribution in [0.3, 0.4) is 0 Å². The fourth-order valence-corrected chi connectivity index (χ4v) is 5.03. The number of hydrogen-bond acceptors (Lipinski definition) is 4. The molecule has 0 aliphatic carbocycles. The number of hydrogen-bond donors (Lipinski definition) is 0. The van der Waals surface area contributed by atoms with E-state index in [4.69, 9.17) is 4.74 Å². The van der Waals surface area contributed by atoms with E-state index in [0.29, 0.717) is 0 Å². The molecule has 142 valence electrons. The van der Waals surface area contributed by atoms with Crippen molar-refractivity contribution in [1.82, 2.24) is 9.97 Å². The van der Waals surface area contributed by atoms with E-state index in [2.05, 4.69) is 46.4 Å². The van der Waals surface area contributed by atoms with Crippen LogP contribution in [0, 0.1) is 0 Å². The second-order valence-electron chi connectivity index (χ2n) is 7.09. The molecule has 0 saturated carbocycles. The highest BCUT2D eigenvalue weighted by atomic mass is 32.1. The molecule has 0 radical (unpaired) electrons. The van der Waals surface area contributed by atoms with E-state index in [1.807, 2.05) is 54.7 Å². The SMILES string of the molecule is c1ccc(-c2cccc(Oc3cc4c5ncccc5sc4c4ccccc34)c2)nc1. The quantitative estimate of drug-likeness (QED) is 0.307. The topological polar surface area (TPSA) is 35.0 Å². The number of thiophene rings is 1. The fourth-order valence-electron chi connectivity index (χ4n) is 3.85. The third-order valence-corrected chi connectivity index (χ3v) is 6.41. The van der Waals surface area contributed by atoms with Crippen molar-refractivity contribution in [2.75, 3.05) is 0 Å². The van der Waals surface area contributed by atoms with Gasteiger partial charge in [0.2, 0.25) is 0 Å². The first kappa shape index (κ1) is 17.1. The lowest BCUT2D eigenvalue weighted by atomic mass is 10.1. The first-order valence-corrected chi connectivity index (χ1v) is 10.6. The molecule has 3 aromatic carbocycles. The smallest absolute Gasteiger partial charge is 0.136 e. The summed E-state index contributed by atoms with van der Waals surface area (Å²) < 4.78 is 8.86. The van der Waals surface area contributed by atoms with Gasteiger partial charge in [-0.1, -0.05) is 42.5 Å². The maximum absolute atomic E-state index is 6.43. The molecule has 0 fully saturated rings. The van der Waals surface area contributed by atoms with Crippen molar-refractivity contribution in [2.24, 2.45) is 0 Å². The molecule has 30 heavy (non-hydrogen) atoms. The molecule has 4 heteroatoms. The molecule has 3 aromatic heterocycles. The molecule has 6 rings (SSSR count). The Balaban J connectivity index is 1.53. The molecule has 0 atom stereocenters. The van der Waals surface area contributed by atoms with Crippen LogP contribution < -0.4 is 4.74 Å². The van der Waals surface area contributed by atoms with E-state index in [1.54, 1.807) is 17.5 Å². The van der Waals surface area contributed by atoms with E-state index in [0.717, 1.165) is 39.0 Å². The van der Waals surface area contributed by atoms with E-state index >= 15 is 0 Å². The molecule has 0 spiro atoms. The predicted octanol–water partition coefficient (Wildman–Crippen LogP) is 7.46. The van der Waals surface area contributed by atoms with E-state index in [-0.39, 0.29) is 0 Å². The van der Waals surface area contributed by atoms with E-state index in [1.165, 1.54) is 14.8 Å². The average Bonchev–Trinajstić information content (AvgIpc) is 3.19. The van der Waals surface area contributed by atoms with Crippen LogP contribution in [0.1, 0.15) is 0 Å². The summed E-state index contributed by atoms with van der Waals surface area (Å²) >= 11 is 1.78. The van der Waals surface area contributed by atoms with Gasteiger partial charge >= 0.3 is 0 Å². The first-order valence-electron chi connectivity index (χ1n) is 9.75. The predicted molar refractivity (Wildman–Crippen MR) is 124 cm³/mol. The fraction of sp³-hybridized carbons (Fsp3) is 0. The molecule has 0 aliphatic rings. The number of rotatable bonds is 3. The van der Waals surface area contributed by atoms with Gasteiger partial charge in [0.1, 0.15) is 11.5 Å². The normalized spacial score (nSPS) is 11.3. The molecule has 0 aliphatic heterocycles. The molecule has 3 heterocycles. The van der Waals surface area contributed by atoms with Gasteiger partial charge < -0.3 is 4.74 Å². The Labute approximate surface area is 177 Å². The third-order valence-electron chi connectivity index (χ3n) is 5.22. The Kier molecular flexibility index (Phi) is 3.96. The monoisotopic (exact) mass is 404 g/mol. The molecule has 0 unspecified atom stereocenters. The van der Waals surface area contributed by atoms with Crippen LogP contribution in [-0.4, -0.2) is 9.97 Å². The molecule has 0 saturated heterocycles. The number of nitrogens with zero attached hydrogens (tertiary/aromatic N) is 2. The van der Waals surface area contributed by atoms with Crippen LogP contribution in [0.15, 0.2) is 97.3 Å². The summed E-state index contributed by atoms with van der Waals surface area (Å²) in [5.74, 6) is 1.62. The van der Waals surface area contributed by atoms with Crippen molar-refractivity contribution in [1.29, 1.82) is 0 Å². The first-order chi connectivity index (χ1) is 14.9. The molecule has 0 amide bonds. The Hall–Kier alpha value is -3.76. The zero-order valence-corrected chi connectivity index (χ0v) is 16.8. The Morgan fingerprint density at radius 3 is 2.43 bits per heavy atom. The van der Waals surface area contributed by atoms with Crippen LogP contribution in [0.25, 0.3) is 42.3 Å². The average molecular weight is 404 g/mol. The summed E-state index contributed by atoms with van der Waals surface area (Å²) in [6, 6.07) is 28.6. The third kappa shape index (κ3) is 2.81. The second-order valence-corrected chi connectivity index (χ2v) is 8.15.